The lowest BCUT2D eigenvalue weighted by molar-refractivity contribution is -0.127. The molecule has 10 heteroatoms. The minimum absolute atomic E-state index is 0.109. The molecule has 0 unspecified atom stereocenters. The maximum Gasteiger partial charge on any atom is 0.335 e. The van der Waals surface area contributed by atoms with Crippen molar-refractivity contribution in [1.29, 1.82) is 0 Å². The molecule has 2 N–H and O–H groups in total. The van der Waals surface area contributed by atoms with Crippen molar-refractivity contribution in [3.8, 4) is 11.3 Å². The van der Waals surface area contributed by atoms with Crippen LogP contribution in [0.4, 0.5) is 10.5 Å². The number of benzene rings is 2. The van der Waals surface area contributed by atoms with Gasteiger partial charge in [0.15, 0.2) is 0 Å². The molecule has 0 saturated carbocycles. The van der Waals surface area contributed by atoms with E-state index in [1.165, 1.54) is 18.2 Å². The quantitative estimate of drug-likeness (QED) is 0.415. The third-order valence-corrected chi connectivity index (χ3v) is 6.60. The van der Waals surface area contributed by atoms with E-state index < -0.39 is 29.6 Å². The maximum atomic E-state index is 12.8. The van der Waals surface area contributed by atoms with Gasteiger partial charge in [-0.05, 0) is 73.1 Å². The minimum Gasteiger partial charge on any atom is -0.478 e. The second-order valence-corrected chi connectivity index (χ2v) is 9.22. The molecule has 2 heterocycles. The Hall–Kier alpha value is -3.82. The predicted octanol–water partition coefficient (Wildman–Crippen LogP) is 5.59. The van der Waals surface area contributed by atoms with Crippen molar-refractivity contribution in [2.75, 3.05) is 11.9 Å². The molecule has 0 bridgehead atoms. The van der Waals surface area contributed by atoms with Gasteiger partial charge >= 0.3 is 5.97 Å². The van der Waals surface area contributed by atoms with E-state index in [4.69, 9.17) is 16.0 Å². The second-order valence-electron chi connectivity index (χ2n) is 7.82. The Labute approximate surface area is 209 Å². The molecule has 3 amide bonds. The third kappa shape index (κ3) is 5.31. The average Bonchev–Trinajstić information content (AvgIpc) is 3.36. The SMILES string of the molecule is Cc1ccc(NC(=O)CN2C(=O)S/C(=C\c3ccc(-c4cc(C(=O)O)ccc4C)o3)C2=O)cc1Cl. The lowest BCUT2D eigenvalue weighted by atomic mass is 10.0. The first kappa shape index (κ1) is 24.3. The summed E-state index contributed by atoms with van der Waals surface area (Å²) in [6, 6.07) is 13.0. The molecular weight excluding hydrogens is 492 g/mol. The van der Waals surface area contributed by atoms with E-state index in [0.717, 1.165) is 16.0 Å². The van der Waals surface area contributed by atoms with E-state index >= 15 is 0 Å². The zero-order valence-corrected chi connectivity index (χ0v) is 20.2. The van der Waals surface area contributed by atoms with Gasteiger partial charge in [-0.1, -0.05) is 23.7 Å². The van der Waals surface area contributed by atoms with Crippen molar-refractivity contribution in [2.24, 2.45) is 0 Å². The number of thioether (sulfide) groups is 1. The molecule has 0 spiro atoms. The van der Waals surface area contributed by atoms with E-state index in [1.807, 2.05) is 13.8 Å². The Kier molecular flexibility index (Phi) is 6.81. The standard InChI is InChI=1S/C25H19ClN2O6S/c1-13-3-5-15(24(31)32)9-18(13)20-8-7-17(34-20)11-21-23(30)28(25(33)35-21)12-22(29)27-16-6-4-14(2)19(26)10-16/h3-11H,12H2,1-2H3,(H,27,29)(H,31,32)/b21-11-. The number of carboxylic acid groups (broad SMARTS) is 1. The van der Waals surface area contributed by atoms with E-state index in [-0.39, 0.29) is 10.5 Å². The monoisotopic (exact) mass is 510 g/mol. The molecule has 3 aromatic rings. The fourth-order valence-electron chi connectivity index (χ4n) is 3.38. The molecule has 178 valence electrons. The first-order valence-electron chi connectivity index (χ1n) is 10.4. The zero-order valence-electron chi connectivity index (χ0n) is 18.6. The number of carbonyl (C=O) groups is 4. The molecule has 35 heavy (non-hydrogen) atoms. The Morgan fingerprint density at radius 2 is 1.83 bits per heavy atom. The average molecular weight is 511 g/mol. The largest absolute Gasteiger partial charge is 0.478 e. The Morgan fingerprint density at radius 3 is 2.54 bits per heavy atom. The summed E-state index contributed by atoms with van der Waals surface area (Å²) >= 11 is 6.77. The summed E-state index contributed by atoms with van der Waals surface area (Å²) < 4.78 is 5.79. The molecule has 1 aliphatic rings. The van der Waals surface area contributed by atoms with Gasteiger partial charge in [0.1, 0.15) is 18.1 Å². The molecular formula is C25H19ClN2O6S. The van der Waals surface area contributed by atoms with Crippen LogP contribution < -0.4 is 5.32 Å². The number of amides is 3. The van der Waals surface area contributed by atoms with Gasteiger partial charge in [0.05, 0.1) is 10.5 Å². The van der Waals surface area contributed by atoms with Crippen LogP contribution in [0.2, 0.25) is 5.02 Å². The van der Waals surface area contributed by atoms with E-state index in [9.17, 15) is 24.3 Å². The highest BCUT2D eigenvalue weighted by Gasteiger charge is 2.36. The van der Waals surface area contributed by atoms with Gasteiger partial charge in [0.25, 0.3) is 11.1 Å². The van der Waals surface area contributed by atoms with Gasteiger partial charge in [-0.25, -0.2) is 4.79 Å². The summed E-state index contributed by atoms with van der Waals surface area (Å²) in [5.41, 5.74) is 2.85. The van der Waals surface area contributed by atoms with Crippen molar-refractivity contribution >= 4 is 58.1 Å². The number of nitrogens with one attached hydrogen (secondary N) is 1. The number of rotatable bonds is 6. The van der Waals surface area contributed by atoms with Crippen LogP contribution in [0.25, 0.3) is 17.4 Å². The van der Waals surface area contributed by atoms with Gasteiger partial charge < -0.3 is 14.8 Å². The fraction of sp³-hybridized carbons (Fsp3) is 0.120. The smallest absolute Gasteiger partial charge is 0.335 e. The number of anilines is 1. The lowest BCUT2D eigenvalue weighted by Crippen LogP contribution is -2.36. The number of furan rings is 1. The highest BCUT2D eigenvalue weighted by molar-refractivity contribution is 8.18. The first-order valence-corrected chi connectivity index (χ1v) is 11.6. The van der Waals surface area contributed by atoms with Gasteiger partial charge in [-0.3, -0.25) is 19.3 Å². The number of nitrogens with zero attached hydrogens (tertiary/aromatic N) is 1. The minimum atomic E-state index is -1.05. The second kappa shape index (κ2) is 9.81. The highest BCUT2D eigenvalue weighted by atomic mass is 35.5. The van der Waals surface area contributed by atoms with Crippen molar-refractivity contribution < 1.29 is 28.7 Å². The van der Waals surface area contributed by atoms with Crippen LogP contribution in [0, 0.1) is 13.8 Å². The van der Waals surface area contributed by atoms with Crippen LogP contribution in [0.5, 0.6) is 0 Å². The molecule has 1 fully saturated rings. The van der Waals surface area contributed by atoms with Crippen molar-refractivity contribution in [3.05, 3.63) is 80.9 Å². The topological polar surface area (TPSA) is 117 Å². The third-order valence-electron chi connectivity index (χ3n) is 5.28. The normalized spacial score (nSPS) is 14.6. The number of aromatic carboxylic acids is 1. The fourth-order valence-corrected chi connectivity index (χ4v) is 4.37. The summed E-state index contributed by atoms with van der Waals surface area (Å²) in [7, 11) is 0. The number of carboxylic acids is 1. The van der Waals surface area contributed by atoms with Crippen LogP contribution >= 0.6 is 23.4 Å². The number of aryl methyl sites for hydroxylation is 2. The van der Waals surface area contributed by atoms with Crippen LogP contribution in [0.1, 0.15) is 27.2 Å². The summed E-state index contributed by atoms with van der Waals surface area (Å²) in [6.07, 6.45) is 1.42. The van der Waals surface area contributed by atoms with Gasteiger partial charge in [0.2, 0.25) is 5.91 Å². The molecule has 0 atom stereocenters. The molecule has 0 radical (unpaired) electrons. The maximum absolute atomic E-state index is 12.8. The lowest BCUT2D eigenvalue weighted by Gasteiger charge is -2.12. The van der Waals surface area contributed by atoms with Crippen LogP contribution in [-0.4, -0.2) is 39.6 Å². The number of hydrogen-bond donors (Lipinski definition) is 2. The highest BCUT2D eigenvalue weighted by Crippen LogP contribution is 2.34. The Bertz CT molecular complexity index is 1410. The zero-order chi connectivity index (χ0) is 25.3. The van der Waals surface area contributed by atoms with Crippen molar-refractivity contribution in [3.63, 3.8) is 0 Å². The number of halogens is 1. The number of carbonyl (C=O) groups excluding carboxylic acids is 3. The predicted molar refractivity (Wildman–Crippen MR) is 133 cm³/mol. The van der Waals surface area contributed by atoms with Crippen LogP contribution in [0.15, 0.2) is 57.9 Å². The Morgan fingerprint density at radius 1 is 1.09 bits per heavy atom. The summed E-state index contributed by atoms with van der Waals surface area (Å²) in [5, 5.41) is 11.8. The summed E-state index contributed by atoms with van der Waals surface area (Å²) in [6.45, 7) is 3.21. The van der Waals surface area contributed by atoms with Gasteiger partial charge in [-0.15, -0.1) is 0 Å². The number of hydrogen-bond acceptors (Lipinski definition) is 6. The van der Waals surface area contributed by atoms with E-state index in [0.29, 0.717) is 39.6 Å². The van der Waals surface area contributed by atoms with Gasteiger partial charge in [0, 0.05) is 22.3 Å². The molecule has 8 nitrogen and oxygen atoms in total. The molecule has 1 saturated heterocycles. The van der Waals surface area contributed by atoms with E-state index in [1.54, 1.807) is 36.4 Å². The Balaban J connectivity index is 1.48. The van der Waals surface area contributed by atoms with Crippen molar-refractivity contribution in [2.45, 2.75) is 13.8 Å². The van der Waals surface area contributed by atoms with Crippen molar-refractivity contribution in [1.82, 2.24) is 4.90 Å². The van der Waals surface area contributed by atoms with Crippen LogP contribution in [0.3, 0.4) is 0 Å². The first-order chi connectivity index (χ1) is 16.6. The molecule has 1 aliphatic heterocycles. The van der Waals surface area contributed by atoms with Crippen LogP contribution in [-0.2, 0) is 9.59 Å². The molecule has 1 aromatic heterocycles. The molecule has 0 aliphatic carbocycles. The molecule has 2 aromatic carbocycles. The molecule has 4 rings (SSSR count). The summed E-state index contributed by atoms with van der Waals surface area (Å²) in [4.78, 5) is 49.8. The van der Waals surface area contributed by atoms with Gasteiger partial charge in [-0.2, -0.15) is 0 Å². The summed E-state index contributed by atoms with van der Waals surface area (Å²) in [5.74, 6) is -1.47. The van der Waals surface area contributed by atoms with E-state index in [2.05, 4.69) is 5.32 Å². The number of imide groups is 1.